The summed E-state index contributed by atoms with van der Waals surface area (Å²) in [6.07, 6.45) is 3.66. The molecule has 0 radical (unpaired) electrons. The maximum absolute atomic E-state index is 14.1. The summed E-state index contributed by atoms with van der Waals surface area (Å²) in [6.45, 7) is 4.10. The highest BCUT2D eigenvalue weighted by molar-refractivity contribution is 6.34. The van der Waals surface area contributed by atoms with E-state index in [1.54, 1.807) is 19.2 Å². The number of ether oxygens (including phenoxy) is 1. The molecule has 1 aliphatic heterocycles. The van der Waals surface area contributed by atoms with Crippen LogP contribution in [0.5, 0.6) is 0 Å². The molecule has 2 heterocycles. The number of barbiturate groups is 1. The van der Waals surface area contributed by atoms with Gasteiger partial charge in [-0.15, -0.1) is 0 Å². The second kappa shape index (κ2) is 9.03. The fourth-order valence-corrected chi connectivity index (χ4v) is 5.66. The number of hydrogen-bond acceptors (Lipinski definition) is 5. The average molecular weight is 500 g/mol. The zero-order chi connectivity index (χ0) is 26.5. The number of carbonyl (C=O) groups excluding carboxylic acids is 4. The first-order valence-corrected chi connectivity index (χ1v) is 12.5. The summed E-state index contributed by atoms with van der Waals surface area (Å²) >= 11 is 0. The van der Waals surface area contributed by atoms with Crippen molar-refractivity contribution in [2.24, 2.45) is 0 Å². The van der Waals surface area contributed by atoms with Crippen LogP contribution in [-0.4, -0.2) is 59.0 Å². The van der Waals surface area contributed by atoms with Gasteiger partial charge in [0.05, 0.1) is 12.1 Å². The smallest absolute Gasteiger partial charge is 0.418 e. The number of aromatic nitrogens is 1. The molecular formula is C29H29N3O5. The van der Waals surface area contributed by atoms with Crippen molar-refractivity contribution >= 4 is 46.0 Å². The lowest BCUT2D eigenvalue weighted by Crippen LogP contribution is -2.65. The number of unbranched alkanes of at least 4 members (excludes halogenated alkanes) is 1. The van der Waals surface area contributed by atoms with Crippen LogP contribution in [-0.2, 0) is 19.7 Å². The highest BCUT2D eigenvalue weighted by atomic mass is 16.5. The summed E-state index contributed by atoms with van der Waals surface area (Å²) in [5.74, 6) is -1.11. The number of rotatable bonds is 5. The van der Waals surface area contributed by atoms with Gasteiger partial charge in [-0.2, -0.15) is 0 Å². The topological polar surface area (TPSA) is 88.9 Å². The van der Waals surface area contributed by atoms with Crippen LogP contribution in [0.15, 0.2) is 54.7 Å². The average Bonchev–Trinajstić information content (AvgIpc) is 3.46. The molecule has 1 spiro atoms. The number of allylic oxidation sites excluding steroid dienone is 1. The number of hydrogen-bond donors (Lipinski definition) is 0. The molecule has 0 unspecified atom stereocenters. The van der Waals surface area contributed by atoms with Gasteiger partial charge >= 0.3 is 12.1 Å². The highest BCUT2D eigenvalue weighted by Crippen LogP contribution is 2.55. The molecule has 1 saturated heterocycles. The number of likely N-dealkylation sites (N-methyl/N-ethyl adjacent to an activating group) is 2. The molecule has 1 fully saturated rings. The quantitative estimate of drug-likeness (QED) is 0.459. The molecule has 0 atom stereocenters. The largest absolute Gasteiger partial charge is 0.449 e. The Morgan fingerprint density at radius 3 is 2.32 bits per heavy atom. The highest BCUT2D eigenvalue weighted by Gasteiger charge is 2.62. The Balaban J connectivity index is 1.80. The van der Waals surface area contributed by atoms with Crippen LogP contribution in [0, 0.1) is 0 Å². The number of carbonyl (C=O) groups is 4. The normalized spacial score (nSPS) is 16.8. The monoisotopic (exact) mass is 499 g/mol. The molecule has 190 valence electrons. The van der Waals surface area contributed by atoms with Crippen LogP contribution in [0.2, 0.25) is 0 Å². The van der Waals surface area contributed by atoms with Gasteiger partial charge < -0.3 is 4.74 Å². The molecule has 37 heavy (non-hydrogen) atoms. The minimum absolute atomic E-state index is 0.259. The lowest BCUT2D eigenvalue weighted by molar-refractivity contribution is -0.147. The number of imide groups is 2. The third-order valence-corrected chi connectivity index (χ3v) is 7.38. The molecule has 2 aromatic carbocycles. The molecule has 0 N–H and O–H groups in total. The molecule has 8 heteroatoms. The Labute approximate surface area is 215 Å². The number of amides is 4. The summed E-state index contributed by atoms with van der Waals surface area (Å²) in [5, 5.41) is 0.771. The fourth-order valence-electron chi connectivity index (χ4n) is 5.66. The standard InChI is InChI=1S/C29H29N3O5/c1-5-7-10-21-20-11-8-9-12-22(20)29(25(33)30(3)27(35)31(4)26(29)34)24(21)19-13-14-23-18(17-19)15-16-32(23)28(36)37-6-2/h8-9,11-17H,5-7,10H2,1-4H3. The maximum Gasteiger partial charge on any atom is 0.418 e. The molecule has 1 aliphatic carbocycles. The number of fused-ring (bicyclic) bond motifs is 3. The van der Waals surface area contributed by atoms with Gasteiger partial charge in [0, 0.05) is 25.7 Å². The third-order valence-electron chi connectivity index (χ3n) is 7.38. The zero-order valence-electron chi connectivity index (χ0n) is 21.4. The predicted octanol–water partition coefficient (Wildman–Crippen LogP) is 5.05. The molecule has 5 rings (SSSR count). The molecule has 1 aromatic heterocycles. The molecule has 0 bridgehead atoms. The number of benzene rings is 2. The first-order valence-electron chi connectivity index (χ1n) is 12.5. The van der Waals surface area contributed by atoms with E-state index in [-0.39, 0.29) is 6.61 Å². The van der Waals surface area contributed by atoms with Crippen molar-refractivity contribution in [3.05, 3.63) is 71.4 Å². The van der Waals surface area contributed by atoms with Gasteiger partial charge in [-0.25, -0.2) is 9.59 Å². The minimum atomic E-state index is -1.67. The van der Waals surface area contributed by atoms with E-state index >= 15 is 0 Å². The zero-order valence-corrected chi connectivity index (χ0v) is 21.4. The van der Waals surface area contributed by atoms with E-state index in [0.717, 1.165) is 39.2 Å². The lowest BCUT2D eigenvalue weighted by atomic mass is 9.71. The summed E-state index contributed by atoms with van der Waals surface area (Å²) in [6, 6.07) is 14.2. The Hall–Kier alpha value is -4.20. The van der Waals surface area contributed by atoms with Gasteiger partial charge in [0.1, 0.15) is 0 Å². The van der Waals surface area contributed by atoms with Crippen LogP contribution >= 0.6 is 0 Å². The summed E-state index contributed by atoms with van der Waals surface area (Å²) < 4.78 is 6.60. The number of nitrogens with zero attached hydrogens (tertiary/aromatic N) is 3. The minimum Gasteiger partial charge on any atom is -0.449 e. The second-order valence-electron chi connectivity index (χ2n) is 9.42. The van der Waals surface area contributed by atoms with Crippen molar-refractivity contribution in [2.45, 2.75) is 38.5 Å². The Morgan fingerprint density at radius 2 is 1.65 bits per heavy atom. The summed E-state index contributed by atoms with van der Waals surface area (Å²) in [5.41, 5.74) is 2.68. The van der Waals surface area contributed by atoms with E-state index < -0.39 is 29.4 Å². The predicted molar refractivity (Wildman–Crippen MR) is 140 cm³/mol. The van der Waals surface area contributed by atoms with Gasteiger partial charge in [0.25, 0.3) is 11.8 Å². The van der Waals surface area contributed by atoms with E-state index in [4.69, 9.17) is 4.74 Å². The van der Waals surface area contributed by atoms with E-state index in [2.05, 4.69) is 6.92 Å². The maximum atomic E-state index is 14.1. The third kappa shape index (κ3) is 3.35. The molecule has 0 saturated carbocycles. The Bertz CT molecular complexity index is 1470. The molecular weight excluding hydrogens is 470 g/mol. The van der Waals surface area contributed by atoms with Crippen LogP contribution in [0.3, 0.4) is 0 Å². The van der Waals surface area contributed by atoms with Crippen molar-refractivity contribution in [1.29, 1.82) is 0 Å². The molecule has 8 nitrogen and oxygen atoms in total. The van der Waals surface area contributed by atoms with Gasteiger partial charge in [0.15, 0.2) is 5.41 Å². The number of urea groups is 1. The fraction of sp³-hybridized carbons (Fsp3) is 0.310. The van der Waals surface area contributed by atoms with Crippen molar-refractivity contribution < 1.29 is 23.9 Å². The van der Waals surface area contributed by atoms with E-state index in [9.17, 15) is 19.2 Å². The SMILES string of the molecule is CCCCC1=C(c2ccc3c(ccn3C(=O)OCC)c2)C2(C(=O)N(C)C(=O)N(C)C2=O)c2ccccc21. The first-order chi connectivity index (χ1) is 17.8. The van der Waals surface area contributed by atoms with Crippen LogP contribution < -0.4 is 0 Å². The van der Waals surface area contributed by atoms with Gasteiger partial charge in [-0.3, -0.25) is 24.0 Å². The van der Waals surface area contributed by atoms with E-state index in [1.807, 2.05) is 42.5 Å². The van der Waals surface area contributed by atoms with E-state index in [1.165, 1.54) is 18.7 Å². The molecule has 2 aliphatic rings. The van der Waals surface area contributed by atoms with Crippen molar-refractivity contribution in [2.75, 3.05) is 20.7 Å². The van der Waals surface area contributed by atoms with Crippen molar-refractivity contribution in [3.8, 4) is 0 Å². The van der Waals surface area contributed by atoms with Gasteiger partial charge in [-0.05, 0) is 65.8 Å². The van der Waals surface area contributed by atoms with Crippen LogP contribution in [0.1, 0.15) is 49.8 Å². The van der Waals surface area contributed by atoms with Gasteiger partial charge in [0.2, 0.25) is 0 Å². The van der Waals surface area contributed by atoms with Crippen molar-refractivity contribution in [3.63, 3.8) is 0 Å². The first kappa shape index (κ1) is 24.5. The van der Waals surface area contributed by atoms with Crippen LogP contribution in [0.25, 0.3) is 22.0 Å². The molecule has 3 aromatic rings. The summed E-state index contributed by atoms with van der Waals surface area (Å²) in [7, 11) is 2.84. The molecule has 4 amide bonds. The summed E-state index contributed by atoms with van der Waals surface area (Å²) in [4.78, 5) is 55.4. The van der Waals surface area contributed by atoms with Gasteiger partial charge in [-0.1, -0.05) is 43.7 Å². The Kier molecular flexibility index (Phi) is 5.98. The van der Waals surface area contributed by atoms with Crippen LogP contribution in [0.4, 0.5) is 9.59 Å². The van der Waals surface area contributed by atoms with Crippen molar-refractivity contribution in [1.82, 2.24) is 14.4 Å². The van der Waals surface area contributed by atoms with E-state index in [0.29, 0.717) is 28.6 Å². The Morgan fingerprint density at radius 1 is 0.946 bits per heavy atom. The lowest BCUT2D eigenvalue weighted by Gasteiger charge is -2.41. The second-order valence-corrected chi connectivity index (χ2v) is 9.42.